The SMILES string of the molecule is Fc1cc(Cc2ccc(N=Cc3ccccc3Cl)c(F)c2)ccc1N=Cc1ccccc1Cl. The molecule has 164 valence electrons. The number of rotatable bonds is 6. The van der Waals surface area contributed by atoms with Crippen LogP contribution in [0, 0.1) is 11.6 Å². The van der Waals surface area contributed by atoms with Crippen molar-refractivity contribution in [1.82, 2.24) is 0 Å². The van der Waals surface area contributed by atoms with Crippen molar-refractivity contribution in [2.24, 2.45) is 9.98 Å². The van der Waals surface area contributed by atoms with E-state index in [1.54, 1.807) is 48.5 Å². The maximum Gasteiger partial charge on any atom is 0.149 e. The molecule has 4 rings (SSSR count). The van der Waals surface area contributed by atoms with Crippen molar-refractivity contribution in [3.05, 3.63) is 129 Å². The van der Waals surface area contributed by atoms with Crippen molar-refractivity contribution < 1.29 is 8.78 Å². The summed E-state index contributed by atoms with van der Waals surface area (Å²) in [6, 6.07) is 23.9. The molecule has 2 nitrogen and oxygen atoms in total. The Balaban J connectivity index is 1.47. The summed E-state index contributed by atoms with van der Waals surface area (Å²) < 4.78 is 29.1. The molecule has 0 fully saturated rings. The zero-order valence-electron chi connectivity index (χ0n) is 17.4. The Labute approximate surface area is 200 Å². The molecule has 0 radical (unpaired) electrons. The minimum Gasteiger partial charge on any atom is -0.253 e. The number of aliphatic imine (C=N–C) groups is 2. The zero-order chi connectivity index (χ0) is 23.2. The Hall–Kier alpha value is -3.34. The second-order valence-corrected chi connectivity index (χ2v) is 8.12. The molecule has 0 unspecified atom stereocenters. The van der Waals surface area contributed by atoms with Gasteiger partial charge in [-0.05, 0) is 53.9 Å². The lowest BCUT2D eigenvalue weighted by Gasteiger charge is -2.06. The van der Waals surface area contributed by atoms with Gasteiger partial charge < -0.3 is 0 Å². The summed E-state index contributed by atoms with van der Waals surface area (Å²) in [6.07, 6.45) is 3.42. The summed E-state index contributed by atoms with van der Waals surface area (Å²) in [6.45, 7) is 0. The molecule has 4 aromatic carbocycles. The molecule has 0 heterocycles. The fourth-order valence-corrected chi connectivity index (χ4v) is 3.57. The molecule has 0 aliphatic rings. The third kappa shape index (κ3) is 5.92. The van der Waals surface area contributed by atoms with Gasteiger partial charge in [0.05, 0.1) is 11.4 Å². The highest BCUT2D eigenvalue weighted by Gasteiger charge is 2.07. The number of hydrogen-bond donors (Lipinski definition) is 0. The average molecular weight is 479 g/mol. The maximum absolute atomic E-state index is 14.5. The van der Waals surface area contributed by atoms with E-state index in [1.807, 2.05) is 24.3 Å². The predicted molar refractivity (Wildman–Crippen MR) is 133 cm³/mol. The molecule has 0 amide bonds. The third-order valence-electron chi connectivity index (χ3n) is 4.93. The van der Waals surface area contributed by atoms with Crippen molar-refractivity contribution in [3.8, 4) is 0 Å². The Bertz CT molecular complexity index is 1250. The molecule has 0 saturated carbocycles. The molecule has 33 heavy (non-hydrogen) atoms. The fourth-order valence-electron chi connectivity index (χ4n) is 3.20. The number of hydrogen-bond acceptors (Lipinski definition) is 2. The maximum atomic E-state index is 14.5. The summed E-state index contributed by atoms with van der Waals surface area (Å²) in [5.41, 5.74) is 3.22. The van der Waals surface area contributed by atoms with E-state index in [9.17, 15) is 8.78 Å². The van der Waals surface area contributed by atoms with Crippen molar-refractivity contribution >= 4 is 47.0 Å². The summed E-state index contributed by atoms with van der Waals surface area (Å²) in [5.74, 6) is -0.922. The van der Waals surface area contributed by atoms with Crippen LogP contribution < -0.4 is 0 Å². The summed E-state index contributed by atoms with van der Waals surface area (Å²) in [5, 5.41) is 1.08. The first kappa shape index (κ1) is 22.8. The average Bonchev–Trinajstić information content (AvgIpc) is 2.80. The van der Waals surface area contributed by atoms with Crippen molar-refractivity contribution in [1.29, 1.82) is 0 Å². The lowest BCUT2D eigenvalue weighted by atomic mass is 10.0. The van der Waals surface area contributed by atoms with E-state index in [4.69, 9.17) is 23.2 Å². The molecule has 0 atom stereocenters. The molecule has 0 aromatic heterocycles. The van der Waals surface area contributed by atoms with E-state index in [2.05, 4.69) is 9.98 Å². The lowest BCUT2D eigenvalue weighted by molar-refractivity contribution is 0.626. The Morgan fingerprint density at radius 3 is 1.42 bits per heavy atom. The van der Waals surface area contributed by atoms with Crippen LogP contribution in [0.4, 0.5) is 20.2 Å². The Morgan fingerprint density at radius 1 is 0.606 bits per heavy atom. The highest BCUT2D eigenvalue weighted by atomic mass is 35.5. The van der Waals surface area contributed by atoms with Gasteiger partial charge in [0.25, 0.3) is 0 Å². The van der Waals surface area contributed by atoms with E-state index in [-0.39, 0.29) is 11.4 Å². The van der Waals surface area contributed by atoms with E-state index in [0.717, 1.165) is 0 Å². The van der Waals surface area contributed by atoms with Crippen LogP contribution in [-0.4, -0.2) is 12.4 Å². The van der Waals surface area contributed by atoms with E-state index in [0.29, 0.717) is 38.7 Å². The van der Waals surface area contributed by atoms with Crippen LogP contribution in [0.3, 0.4) is 0 Å². The van der Waals surface area contributed by atoms with E-state index in [1.165, 1.54) is 24.6 Å². The van der Waals surface area contributed by atoms with E-state index >= 15 is 0 Å². The van der Waals surface area contributed by atoms with Gasteiger partial charge in [-0.25, -0.2) is 8.78 Å². The molecule has 0 saturated heterocycles. The fraction of sp³-hybridized carbons (Fsp3) is 0.0370. The normalized spacial score (nSPS) is 11.5. The topological polar surface area (TPSA) is 24.7 Å². The monoisotopic (exact) mass is 478 g/mol. The minimum absolute atomic E-state index is 0.203. The Kier molecular flexibility index (Phi) is 7.28. The van der Waals surface area contributed by atoms with Gasteiger partial charge in [0.2, 0.25) is 0 Å². The van der Waals surface area contributed by atoms with Gasteiger partial charge >= 0.3 is 0 Å². The molecule has 6 heteroatoms. The molecule has 0 aliphatic heterocycles. The predicted octanol–water partition coefficient (Wildman–Crippen LogP) is 8.36. The number of benzene rings is 4. The lowest BCUT2D eigenvalue weighted by Crippen LogP contribution is -1.92. The third-order valence-corrected chi connectivity index (χ3v) is 5.62. The molecular weight excluding hydrogens is 461 g/mol. The van der Waals surface area contributed by atoms with Crippen LogP contribution in [0.5, 0.6) is 0 Å². The first-order chi connectivity index (χ1) is 16.0. The van der Waals surface area contributed by atoms with E-state index < -0.39 is 11.6 Å². The summed E-state index contributed by atoms with van der Waals surface area (Å²) in [7, 11) is 0. The quantitative estimate of drug-likeness (QED) is 0.248. The Morgan fingerprint density at radius 2 is 1.03 bits per heavy atom. The summed E-state index contributed by atoms with van der Waals surface area (Å²) >= 11 is 12.2. The number of nitrogens with zero attached hydrogens (tertiary/aromatic N) is 2. The molecular formula is C27H18Cl2F2N2. The number of halogens is 4. The van der Waals surface area contributed by atoms with Crippen LogP contribution in [0.2, 0.25) is 10.0 Å². The van der Waals surface area contributed by atoms with Crippen molar-refractivity contribution in [2.75, 3.05) is 0 Å². The highest BCUT2D eigenvalue weighted by molar-refractivity contribution is 6.33. The zero-order valence-corrected chi connectivity index (χ0v) is 18.9. The van der Waals surface area contributed by atoms with Crippen LogP contribution in [0.15, 0.2) is 94.9 Å². The van der Waals surface area contributed by atoms with Crippen molar-refractivity contribution in [2.45, 2.75) is 6.42 Å². The molecule has 4 aromatic rings. The van der Waals surface area contributed by atoms with Gasteiger partial charge in [-0.15, -0.1) is 0 Å². The standard InChI is InChI=1S/C27H18Cl2F2N2/c28-22-7-3-1-5-20(22)16-32-26-11-9-18(14-24(26)30)13-19-10-12-27(25(31)15-19)33-17-21-6-2-4-8-23(21)29/h1-12,14-17H,13H2. The highest BCUT2D eigenvalue weighted by Crippen LogP contribution is 2.24. The van der Waals surface area contributed by atoms with Gasteiger partial charge in [0, 0.05) is 33.6 Å². The van der Waals surface area contributed by atoms with Crippen LogP contribution in [-0.2, 0) is 6.42 Å². The van der Waals surface area contributed by atoms with Gasteiger partial charge in [-0.3, -0.25) is 9.98 Å². The summed E-state index contributed by atoms with van der Waals surface area (Å²) in [4.78, 5) is 8.39. The second-order valence-electron chi connectivity index (χ2n) is 7.31. The van der Waals surface area contributed by atoms with Crippen LogP contribution in [0.25, 0.3) is 0 Å². The van der Waals surface area contributed by atoms with Crippen LogP contribution in [0.1, 0.15) is 22.3 Å². The minimum atomic E-state index is -0.461. The first-order valence-electron chi connectivity index (χ1n) is 10.1. The van der Waals surface area contributed by atoms with Gasteiger partial charge in [-0.2, -0.15) is 0 Å². The second kappa shape index (κ2) is 10.5. The molecule has 0 bridgehead atoms. The van der Waals surface area contributed by atoms with Gasteiger partial charge in [-0.1, -0.05) is 71.7 Å². The largest absolute Gasteiger partial charge is 0.253 e. The first-order valence-corrected chi connectivity index (χ1v) is 10.9. The molecule has 0 N–H and O–H groups in total. The molecule has 0 spiro atoms. The molecule has 0 aliphatic carbocycles. The van der Waals surface area contributed by atoms with Crippen LogP contribution >= 0.6 is 23.2 Å². The van der Waals surface area contributed by atoms with Gasteiger partial charge in [0.1, 0.15) is 11.6 Å². The smallest absolute Gasteiger partial charge is 0.149 e. The van der Waals surface area contributed by atoms with Crippen molar-refractivity contribution in [3.63, 3.8) is 0 Å². The van der Waals surface area contributed by atoms with Gasteiger partial charge in [0.15, 0.2) is 0 Å².